The van der Waals surface area contributed by atoms with Gasteiger partial charge in [-0.1, -0.05) is 41.6 Å². The quantitative estimate of drug-likeness (QED) is 0.866. The minimum atomic E-state index is 0.263. The topological polar surface area (TPSA) is 29.3 Å². The fraction of sp³-hybridized carbons (Fsp3) is 0.294. The van der Waals surface area contributed by atoms with Crippen molar-refractivity contribution in [1.82, 2.24) is 4.90 Å². The zero-order valence-electron chi connectivity index (χ0n) is 12.3. The minimum Gasteiger partial charge on any atom is -0.320 e. The van der Waals surface area contributed by atoms with Crippen molar-refractivity contribution >= 4 is 22.9 Å². The second-order valence-corrected chi connectivity index (χ2v) is 6.32. The predicted octanol–water partition coefficient (Wildman–Crippen LogP) is 3.90. The first-order chi connectivity index (χ1) is 10.1. The molecule has 0 aliphatic rings. The molecule has 0 bridgehead atoms. The average molecular weight is 319 g/mol. The van der Waals surface area contributed by atoms with Crippen molar-refractivity contribution in [2.75, 3.05) is 13.6 Å². The number of hydrogen-bond acceptors (Lipinski definition) is 3. The van der Waals surface area contributed by atoms with Crippen molar-refractivity contribution < 1.29 is 0 Å². The van der Waals surface area contributed by atoms with Crippen molar-refractivity contribution in [1.29, 1.82) is 0 Å². The van der Waals surface area contributed by atoms with E-state index < -0.39 is 0 Å². The summed E-state index contributed by atoms with van der Waals surface area (Å²) in [6, 6.07) is 10.4. The van der Waals surface area contributed by atoms with Crippen molar-refractivity contribution in [2.24, 2.45) is 5.73 Å². The lowest BCUT2D eigenvalue weighted by molar-refractivity contribution is 0.255. The van der Waals surface area contributed by atoms with Crippen LogP contribution >= 0.6 is 22.9 Å². The van der Waals surface area contributed by atoms with Crippen LogP contribution in [0.15, 0.2) is 35.7 Å². The molecular weight excluding hydrogens is 300 g/mol. The van der Waals surface area contributed by atoms with Gasteiger partial charge >= 0.3 is 0 Å². The molecule has 1 atom stereocenters. The Balaban J connectivity index is 2.05. The zero-order chi connectivity index (χ0) is 15.2. The molecule has 0 fully saturated rings. The van der Waals surface area contributed by atoms with Gasteiger partial charge in [0.1, 0.15) is 0 Å². The third-order valence-electron chi connectivity index (χ3n) is 3.41. The monoisotopic (exact) mass is 318 g/mol. The van der Waals surface area contributed by atoms with Crippen LogP contribution in [0.1, 0.15) is 29.0 Å². The Morgan fingerprint density at radius 2 is 2.14 bits per heavy atom. The first-order valence-electron chi connectivity index (χ1n) is 6.83. The van der Waals surface area contributed by atoms with E-state index in [2.05, 4.69) is 48.2 Å². The average Bonchev–Trinajstić information content (AvgIpc) is 2.92. The van der Waals surface area contributed by atoms with Crippen molar-refractivity contribution in [3.63, 3.8) is 0 Å². The maximum atomic E-state index is 6.27. The highest BCUT2D eigenvalue weighted by atomic mass is 35.5. The lowest BCUT2D eigenvalue weighted by Gasteiger charge is -2.25. The van der Waals surface area contributed by atoms with Crippen LogP contribution in [0.25, 0.3) is 0 Å². The molecule has 1 unspecified atom stereocenters. The first-order valence-corrected chi connectivity index (χ1v) is 8.08. The van der Waals surface area contributed by atoms with Crippen LogP contribution in [0.4, 0.5) is 0 Å². The third kappa shape index (κ3) is 4.33. The van der Waals surface area contributed by atoms with E-state index in [0.29, 0.717) is 6.54 Å². The molecule has 1 aromatic carbocycles. The van der Waals surface area contributed by atoms with Gasteiger partial charge in [0, 0.05) is 33.4 Å². The number of halogens is 1. The van der Waals surface area contributed by atoms with Crippen LogP contribution in [0.2, 0.25) is 5.02 Å². The van der Waals surface area contributed by atoms with Crippen LogP contribution in [-0.4, -0.2) is 18.5 Å². The Morgan fingerprint density at radius 1 is 1.38 bits per heavy atom. The molecule has 0 aliphatic carbocycles. The minimum absolute atomic E-state index is 0.263. The number of nitrogens with zero attached hydrogens (tertiary/aromatic N) is 1. The van der Waals surface area contributed by atoms with E-state index in [1.54, 1.807) is 11.3 Å². The van der Waals surface area contributed by atoms with Gasteiger partial charge in [-0.3, -0.25) is 4.90 Å². The van der Waals surface area contributed by atoms with Gasteiger partial charge in [-0.15, -0.1) is 11.3 Å². The maximum absolute atomic E-state index is 6.27. The normalized spacial score (nSPS) is 12.0. The Hall–Kier alpha value is -1.31. The molecule has 2 nitrogen and oxygen atoms in total. The molecule has 2 aromatic rings. The molecule has 0 saturated carbocycles. The van der Waals surface area contributed by atoms with E-state index in [1.165, 1.54) is 4.88 Å². The molecule has 0 radical (unpaired) electrons. The second-order valence-electron chi connectivity index (χ2n) is 4.92. The molecule has 110 valence electrons. The summed E-state index contributed by atoms with van der Waals surface area (Å²) in [5.74, 6) is 5.94. The zero-order valence-corrected chi connectivity index (χ0v) is 13.8. The molecule has 0 amide bonds. The maximum Gasteiger partial charge on any atom is 0.0555 e. The Morgan fingerprint density at radius 3 is 2.86 bits per heavy atom. The van der Waals surface area contributed by atoms with Crippen molar-refractivity contribution in [3.8, 4) is 11.8 Å². The summed E-state index contributed by atoms with van der Waals surface area (Å²) in [5.41, 5.74) is 7.59. The lowest BCUT2D eigenvalue weighted by Crippen LogP contribution is -2.21. The molecule has 1 heterocycles. The molecule has 21 heavy (non-hydrogen) atoms. The molecule has 4 heteroatoms. The number of nitrogens with two attached hydrogens (primary N) is 1. The van der Waals surface area contributed by atoms with E-state index in [-0.39, 0.29) is 6.04 Å². The SMILES string of the molecule is CC(c1ccccc1Cl)N(C)Cc1cc(C#CCN)cs1. The van der Waals surface area contributed by atoms with Crippen LogP contribution in [0.3, 0.4) is 0 Å². The summed E-state index contributed by atoms with van der Waals surface area (Å²) in [4.78, 5) is 3.57. The molecule has 0 saturated heterocycles. The Kier molecular flexibility index (Phi) is 5.84. The Labute approximate surface area is 135 Å². The predicted molar refractivity (Wildman–Crippen MR) is 91.6 cm³/mol. The fourth-order valence-electron chi connectivity index (χ4n) is 2.12. The highest BCUT2D eigenvalue weighted by Gasteiger charge is 2.15. The van der Waals surface area contributed by atoms with Crippen LogP contribution in [-0.2, 0) is 6.54 Å². The summed E-state index contributed by atoms with van der Waals surface area (Å²) in [6.45, 7) is 3.44. The number of benzene rings is 1. The highest BCUT2D eigenvalue weighted by Crippen LogP contribution is 2.28. The van der Waals surface area contributed by atoms with Gasteiger partial charge in [-0.05, 0) is 31.7 Å². The van der Waals surface area contributed by atoms with Gasteiger partial charge < -0.3 is 5.73 Å². The van der Waals surface area contributed by atoms with E-state index >= 15 is 0 Å². The van der Waals surface area contributed by atoms with Gasteiger partial charge in [0.05, 0.1) is 6.54 Å². The molecule has 0 aliphatic heterocycles. The standard InChI is InChI=1S/C17H19ClN2S/c1-13(16-7-3-4-8-17(16)18)20(2)11-15-10-14(12-21-15)6-5-9-19/h3-4,7-8,10,12-13H,9,11,19H2,1-2H3. The van der Waals surface area contributed by atoms with Crippen LogP contribution < -0.4 is 5.73 Å². The van der Waals surface area contributed by atoms with Crippen molar-refractivity contribution in [3.05, 3.63) is 56.7 Å². The van der Waals surface area contributed by atoms with Gasteiger partial charge in [-0.2, -0.15) is 0 Å². The number of hydrogen-bond donors (Lipinski definition) is 1. The van der Waals surface area contributed by atoms with Crippen molar-refractivity contribution in [2.45, 2.75) is 19.5 Å². The van der Waals surface area contributed by atoms with Gasteiger partial charge in [-0.25, -0.2) is 0 Å². The summed E-state index contributed by atoms with van der Waals surface area (Å²) >= 11 is 8.00. The smallest absolute Gasteiger partial charge is 0.0555 e. The summed E-state index contributed by atoms with van der Waals surface area (Å²) in [7, 11) is 2.11. The molecule has 2 N–H and O–H groups in total. The van der Waals surface area contributed by atoms with E-state index in [4.69, 9.17) is 17.3 Å². The summed E-state index contributed by atoms with van der Waals surface area (Å²) < 4.78 is 0. The van der Waals surface area contributed by atoms with Gasteiger partial charge in [0.2, 0.25) is 0 Å². The van der Waals surface area contributed by atoms with Gasteiger partial charge in [0.25, 0.3) is 0 Å². The summed E-state index contributed by atoms with van der Waals surface area (Å²) in [5, 5.41) is 2.89. The largest absolute Gasteiger partial charge is 0.320 e. The van der Waals surface area contributed by atoms with E-state index in [0.717, 1.165) is 22.7 Å². The van der Waals surface area contributed by atoms with Crippen LogP contribution in [0, 0.1) is 11.8 Å². The van der Waals surface area contributed by atoms with E-state index in [9.17, 15) is 0 Å². The first kappa shape index (κ1) is 16.1. The molecular formula is C17H19ClN2S. The number of thiophene rings is 1. The van der Waals surface area contributed by atoms with E-state index in [1.807, 2.05) is 18.2 Å². The van der Waals surface area contributed by atoms with Crippen LogP contribution in [0.5, 0.6) is 0 Å². The summed E-state index contributed by atoms with van der Waals surface area (Å²) in [6.07, 6.45) is 0. The fourth-order valence-corrected chi connectivity index (χ4v) is 3.29. The highest BCUT2D eigenvalue weighted by molar-refractivity contribution is 7.10. The lowest BCUT2D eigenvalue weighted by atomic mass is 10.1. The Bertz CT molecular complexity index is 654. The molecule has 0 spiro atoms. The van der Waals surface area contributed by atoms with Gasteiger partial charge in [0.15, 0.2) is 0 Å². The molecule has 1 aromatic heterocycles. The second kappa shape index (κ2) is 7.63. The third-order valence-corrected chi connectivity index (χ3v) is 4.68. The molecule has 2 rings (SSSR count). The number of rotatable bonds is 4.